The van der Waals surface area contributed by atoms with Crippen molar-refractivity contribution in [1.82, 2.24) is 24.6 Å². The molecule has 0 radical (unpaired) electrons. The summed E-state index contributed by atoms with van der Waals surface area (Å²) in [6, 6.07) is 7.42. The first-order valence-electron chi connectivity index (χ1n) is 10.6. The maximum atomic E-state index is 13.6. The standard InChI is InChI=1S/C22H29N5O2/c1-3-26-15-9-19(24-26)20(28)27-14-7-11-22(17(27)2)10-6-13-25(21(22)29)16-18-8-4-5-12-23-18/h4-5,8-9,12,15,17H,3,6-7,10-11,13-14,16H2,1-2H3/t17-,22+/m1/s1. The van der Waals surface area contributed by atoms with Gasteiger partial charge in [0.2, 0.25) is 5.91 Å². The van der Waals surface area contributed by atoms with Crippen molar-refractivity contribution in [3.8, 4) is 0 Å². The van der Waals surface area contributed by atoms with E-state index < -0.39 is 5.41 Å². The third kappa shape index (κ3) is 3.54. The summed E-state index contributed by atoms with van der Waals surface area (Å²) >= 11 is 0. The van der Waals surface area contributed by atoms with Crippen LogP contribution in [0.2, 0.25) is 0 Å². The number of carbonyl (C=O) groups is 2. The van der Waals surface area contributed by atoms with Crippen LogP contribution in [0.5, 0.6) is 0 Å². The number of aryl methyl sites for hydroxylation is 1. The smallest absolute Gasteiger partial charge is 0.274 e. The van der Waals surface area contributed by atoms with E-state index in [4.69, 9.17) is 0 Å². The van der Waals surface area contributed by atoms with E-state index in [1.807, 2.05) is 48.0 Å². The van der Waals surface area contributed by atoms with Gasteiger partial charge < -0.3 is 9.80 Å². The minimum absolute atomic E-state index is 0.0709. The second-order valence-corrected chi connectivity index (χ2v) is 8.14. The number of hydrogen-bond donors (Lipinski definition) is 0. The highest BCUT2D eigenvalue weighted by Crippen LogP contribution is 2.44. The lowest BCUT2D eigenvalue weighted by atomic mass is 9.67. The Bertz CT molecular complexity index is 876. The van der Waals surface area contributed by atoms with Crippen LogP contribution in [-0.2, 0) is 17.9 Å². The average Bonchev–Trinajstić information content (AvgIpc) is 3.23. The summed E-state index contributed by atoms with van der Waals surface area (Å²) in [5.41, 5.74) is 0.859. The third-order valence-corrected chi connectivity index (χ3v) is 6.58. The van der Waals surface area contributed by atoms with Crippen molar-refractivity contribution in [1.29, 1.82) is 0 Å². The van der Waals surface area contributed by atoms with Crippen molar-refractivity contribution in [2.45, 2.75) is 58.7 Å². The van der Waals surface area contributed by atoms with Crippen LogP contribution >= 0.6 is 0 Å². The molecule has 7 heteroatoms. The van der Waals surface area contributed by atoms with E-state index in [0.717, 1.165) is 44.5 Å². The number of rotatable bonds is 4. The van der Waals surface area contributed by atoms with E-state index in [1.54, 1.807) is 16.9 Å². The van der Waals surface area contributed by atoms with Crippen LogP contribution in [0, 0.1) is 5.41 Å². The molecule has 2 atom stereocenters. The number of aromatic nitrogens is 3. The van der Waals surface area contributed by atoms with Crippen LogP contribution in [-0.4, -0.2) is 55.5 Å². The van der Waals surface area contributed by atoms with Gasteiger partial charge in [-0.3, -0.25) is 19.3 Å². The van der Waals surface area contributed by atoms with Crippen LogP contribution in [0.3, 0.4) is 0 Å². The molecule has 4 heterocycles. The highest BCUT2D eigenvalue weighted by atomic mass is 16.2. The fourth-order valence-corrected chi connectivity index (χ4v) is 4.91. The first-order valence-corrected chi connectivity index (χ1v) is 10.6. The normalized spacial score (nSPS) is 24.9. The summed E-state index contributed by atoms with van der Waals surface area (Å²) in [7, 11) is 0. The van der Waals surface area contributed by atoms with E-state index in [2.05, 4.69) is 10.1 Å². The van der Waals surface area contributed by atoms with Gasteiger partial charge in [-0.15, -0.1) is 0 Å². The lowest BCUT2D eigenvalue weighted by Crippen LogP contribution is -2.61. The fourth-order valence-electron chi connectivity index (χ4n) is 4.91. The van der Waals surface area contributed by atoms with Crippen molar-refractivity contribution >= 4 is 11.8 Å². The number of hydrogen-bond acceptors (Lipinski definition) is 4. The number of pyridine rings is 1. The van der Waals surface area contributed by atoms with Gasteiger partial charge in [-0.2, -0.15) is 5.10 Å². The Balaban J connectivity index is 1.55. The number of likely N-dealkylation sites (tertiary alicyclic amines) is 2. The molecule has 0 saturated carbocycles. The van der Waals surface area contributed by atoms with E-state index >= 15 is 0 Å². The van der Waals surface area contributed by atoms with Crippen molar-refractivity contribution in [2.24, 2.45) is 5.41 Å². The second-order valence-electron chi connectivity index (χ2n) is 8.14. The topological polar surface area (TPSA) is 71.3 Å². The van der Waals surface area contributed by atoms with Crippen LogP contribution in [0.15, 0.2) is 36.7 Å². The highest BCUT2D eigenvalue weighted by molar-refractivity contribution is 5.93. The quantitative estimate of drug-likeness (QED) is 0.798. The number of piperidine rings is 2. The molecular weight excluding hydrogens is 366 g/mol. The average molecular weight is 396 g/mol. The summed E-state index contributed by atoms with van der Waals surface area (Å²) in [6.07, 6.45) is 7.05. The molecule has 2 aromatic rings. The van der Waals surface area contributed by atoms with Gasteiger partial charge in [0.1, 0.15) is 5.69 Å². The molecule has 1 spiro atoms. The van der Waals surface area contributed by atoms with Gasteiger partial charge in [0.05, 0.1) is 17.7 Å². The molecule has 0 unspecified atom stereocenters. The molecule has 0 aromatic carbocycles. The lowest BCUT2D eigenvalue weighted by molar-refractivity contribution is -0.154. The summed E-state index contributed by atoms with van der Waals surface area (Å²) in [5.74, 6) is 0.0944. The Morgan fingerprint density at radius 2 is 2.00 bits per heavy atom. The van der Waals surface area contributed by atoms with Gasteiger partial charge in [-0.05, 0) is 57.7 Å². The van der Waals surface area contributed by atoms with Gasteiger partial charge in [0, 0.05) is 38.1 Å². The molecule has 7 nitrogen and oxygen atoms in total. The molecule has 0 N–H and O–H groups in total. The summed E-state index contributed by atoms with van der Waals surface area (Å²) in [5, 5.41) is 4.38. The number of nitrogens with zero attached hydrogens (tertiary/aromatic N) is 5. The van der Waals surface area contributed by atoms with E-state index in [9.17, 15) is 9.59 Å². The molecular formula is C22H29N5O2. The summed E-state index contributed by atoms with van der Waals surface area (Å²) in [6.45, 7) is 6.72. The van der Waals surface area contributed by atoms with Gasteiger partial charge in [0.15, 0.2) is 0 Å². The number of amides is 2. The lowest BCUT2D eigenvalue weighted by Gasteiger charge is -2.51. The molecule has 2 fully saturated rings. The Kier molecular flexibility index (Phi) is 5.39. The largest absolute Gasteiger partial charge is 0.336 e. The van der Waals surface area contributed by atoms with Gasteiger partial charge in [-0.25, -0.2) is 0 Å². The Hall–Kier alpha value is -2.70. The van der Waals surface area contributed by atoms with Crippen LogP contribution < -0.4 is 0 Å². The molecule has 0 aliphatic carbocycles. The molecule has 4 rings (SSSR count). The molecule has 2 aliphatic heterocycles. The summed E-state index contributed by atoms with van der Waals surface area (Å²) in [4.78, 5) is 35.0. The predicted octanol–water partition coefficient (Wildman–Crippen LogP) is 2.73. The first-order chi connectivity index (χ1) is 14.0. The molecule has 2 saturated heterocycles. The van der Waals surface area contributed by atoms with Crippen molar-refractivity contribution in [3.63, 3.8) is 0 Å². The van der Waals surface area contributed by atoms with Crippen molar-refractivity contribution in [2.75, 3.05) is 13.1 Å². The molecule has 29 heavy (non-hydrogen) atoms. The maximum absolute atomic E-state index is 13.6. The van der Waals surface area contributed by atoms with Gasteiger partial charge in [0.25, 0.3) is 5.91 Å². The molecule has 154 valence electrons. The minimum Gasteiger partial charge on any atom is -0.336 e. The van der Waals surface area contributed by atoms with Gasteiger partial charge in [-0.1, -0.05) is 6.07 Å². The molecule has 2 aromatic heterocycles. The third-order valence-electron chi connectivity index (χ3n) is 6.58. The zero-order valence-electron chi connectivity index (χ0n) is 17.3. The SMILES string of the molecule is CCn1ccc(C(=O)N2CCC[C@@]3(CCCN(Cc4ccccn4)C3=O)[C@H]2C)n1. The summed E-state index contributed by atoms with van der Waals surface area (Å²) < 4.78 is 1.76. The molecule has 2 amide bonds. The molecule has 2 aliphatic rings. The Labute approximate surface area is 171 Å². The van der Waals surface area contributed by atoms with Gasteiger partial charge >= 0.3 is 0 Å². The predicted molar refractivity (Wildman–Crippen MR) is 109 cm³/mol. The van der Waals surface area contributed by atoms with Crippen LogP contribution in [0.25, 0.3) is 0 Å². The zero-order valence-corrected chi connectivity index (χ0v) is 17.3. The highest BCUT2D eigenvalue weighted by Gasteiger charge is 2.52. The maximum Gasteiger partial charge on any atom is 0.274 e. The Morgan fingerprint density at radius 3 is 2.69 bits per heavy atom. The van der Waals surface area contributed by atoms with E-state index in [1.165, 1.54) is 0 Å². The zero-order chi connectivity index (χ0) is 20.4. The monoisotopic (exact) mass is 395 g/mol. The minimum atomic E-state index is -0.506. The van der Waals surface area contributed by atoms with Crippen molar-refractivity contribution < 1.29 is 9.59 Å². The fraction of sp³-hybridized carbons (Fsp3) is 0.545. The van der Waals surface area contributed by atoms with Crippen LogP contribution in [0.4, 0.5) is 0 Å². The van der Waals surface area contributed by atoms with Crippen LogP contribution in [0.1, 0.15) is 55.7 Å². The van der Waals surface area contributed by atoms with E-state index in [-0.39, 0.29) is 17.9 Å². The second kappa shape index (κ2) is 7.97. The van der Waals surface area contributed by atoms with Crippen molar-refractivity contribution in [3.05, 3.63) is 48.0 Å². The van der Waals surface area contributed by atoms with E-state index in [0.29, 0.717) is 18.8 Å². The molecule has 0 bridgehead atoms. The first kappa shape index (κ1) is 19.6. The number of carbonyl (C=O) groups excluding carboxylic acids is 2. The Morgan fingerprint density at radius 1 is 1.21 bits per heavy atom.